The fraction of sp³-hybridized carbons (Fsp3) is 0.615. The van der Waals surface area contributed by atoms with Crippen LogP contribution >= 0.6 is 0 Å². The highest BCUT2D eigenvalue weighted by molar-refractivity contribution is 5.75. The van der Waals surface area contributed by atoms with E-state index >= 15 is 0 Å². The molecule has 0 bridgehead atoms. The smallest absolute Gasteiger partial charge is 0.353 e. The van der Waals surface area contributed by atoms with Gasteiger partial charge in [0.05, 0.1) is 17.4 Å². The highest BCUT2D eigenvalue weighted by atomic mass is 16.6. The average Bonchev–Trinajstić information content (AvgIpc) is 2.54. The van der Waals surface area contributed by atoms with E-state index in [1.54, 1.807) is 18.9 Å². The number of anilines is 2. The number of carbonyl (C=O) groups excluding carboxylic acids is 1. The van der Waals surface area contributed by atoms with Crippen molar-refractivity contribution < 1.29 is 14.5 Å². The van der Waals surface area contributed by atoms with Gasteiger partial charge in [0, 0.05) is 20.1 Å². The number of hydrogen-bond acceptors (Lipinski definition) is 8. The first kappa shape index (κ1) is 15.9. The molecule has 22 heavy (non-hydrogen) atoms. The maximum atomic E-state index is 11.9. The highest BCUT2D eigenvalue weighted by Gasteiger charge is 2.32. The van der Waals surface area contributed by atoms with Crippen LogP contribution in [0.1, 0.15) is 19.8 Å². The number of rotatable bonds is 5. The summed E-state index contributed by atoms with van der Waals surface area (Å²) in [4.78, 5) is 32.4. The second-order valence-electron chi connectivity index (χ2n) is 4.94. The molecule has 0 saturated carbocycles. The van der Waals surface area contributed by atoms with Gasteiger partial charge in [-0.15, -0.1) is 0 Å². The molecule has 1 unspecified atom stereocenters. The van der Waals surface area contributed by atoms with E-state index in [0.29, 0.717) is 26.1 Å². The molecule has 0 spiro atoms. The van der Waals surface area contributed by atoms with Crippen molar-refractivity contribution in [1.82, 2.24) is 9.97 Å². The van der Waals surface area contributed by atoms with Crippen molar-refractivity contribution in [2.45, 2.75) is 19.8 Å². The molecule has 1 saturated heterocycles. The standard InChI is InChI=1S/C13H19N5O4/c1-3-22-13(19)9-5-4-6-17(7-9)12-10(18(20)21)11(14-2)15-8-16-12/h8-9H,3-7H2,1-2H3,(H,14,15,16). The fourth-order valence-corrected chi connectivity index (χ4v) is 2.57. The summed E-state index contributed by atoms with van der Waals surface area (Å²) in [6.45, 7) is 3.05. The summed E-state index contributed by atoms with van der Waals surface area (Å²) in [5.74, 6) is -0.161. The summed E-state index contributed by atoms with van der Waals surface area (Å²) in [5, 5.41) is 14.0. The van der Waals surface area contributed by atoms with Gasteiger partial charge in [0.15, 0.2) is 0 Å². The number of nitrogens with one attached hydrogen (secondary N) is 1. The van der Waals surface area contributed by atoms with Crippen LogP contribution in [0.3, 0.4) is 0 Å². The monoisotopic (exact) mass is 309 g/mol. The Labute approximate surface area is 127 Å². The summed E-state index contributed by atoms with van der Waals surface area (Å²) in [7, 11) is 1.57. The maximum Gasteiger partial charge on any atom is 0.353 e. The van der Waals surface area contributed by atoms with Crippen LogP contribution in [0.4, 0.5) is 17.3 Å². The third-order valence-electron chi connectivity index (χ3n) is 3.56. The Balaban J connectivity index is 2.27. The molecule has 1 fully saturated rings. The van der Waals surface area contributed by atoms with E-state index in [1.807, 2.05) is 0 Å². The van der Waals surface area contributed by atoms with Gasteiger partial charge in [-0.05, 0) is 19.8 Å². The molecular formula is C13H19N5O4. The lowest BCUT2D eigenvalue weighted by Gasteiger charge is -2.32. The third kappa shape index (κ3) is 3.23. The van der Waals surface area contributed by atoms with Gasteiger partial charge in [-0.2, -0.15) is 0 Å². The van der Waals surface area contributed by atoms with E-state index in [0.717, 1.165) is 6.42 Å². The van der Waals surface area contributed by atoms with Gasteiger partial charge in [-0.3, -0.25) is 14.9 Å². The van der Waals surface area contributed by atoms with Crippen LogP contribution in [0.5, 0.6) is 0 Å². The van der Waals surface area contributed by atoms with Crippen molar-refractivity contribution in [2.24, 2.45) is 5.92 Å². The molecule has 120 valence electrons. The van der Waals surface area contributed by atoms with E-state index in [-0.39, 0.29) is 29.2 Å². The first-order valence-corrected chi connectivity index (χ1v) is 7.17. The van der Waals surface area contributed by atoms with Gasteiger partial charge in [-0.25, -0.2) is 9.97 Å². The Morgan fingerprint density at radius 3 is 3.00 bits per heavy atom. The molecule has 0 amide bonds. The van der Waals surface area contributed by atoms with Crippen molar-refractivity contribution in [1.29, 1.82) is 0 Å². The molecule has 0 aliphatic carbocycles. The lowest BCUT2D eigenvalue weighted by molar-refractivity contribution is -0.383. The summed E-state index contributed by atoms with van der Waals surface area (Å²) in [6, 6.07) is 0. The number of esters is 1. The number of hydrogen-bond donors (Lipinski definition) is 1. The zero-order chi connectivity index (χ0) is 16.1. The molecule has 1 aliphatic rings. The lowest BCUT2D eigenvalue weighted by Crippen LogP contribution is -2.40. The molecule has 9 nitrogen and oxygen atoms in total. The third-order valence-corrected chi connectivity index (χ3v) is 3.56. The van der Waals surface area contributed by atoms with E-state index in [9.17, 15) is 14.9 Å². The van der Waals surface area contributed by atoms with Gasteiger partial charge in [-0.1, -0.05) is 0 Å². The van der Waals surface area contributed by atoms with E-state index in [1.165, 1.54) is 6.33 Å². The van der Waals surface area contributed by atoms with Crippen molar-refractivity contribution in [3.05, 3.63) is 16.4 Å². The molecule has 0 aromatic carbocycles. The minimum Gasteiger partial charge on any atom is -0.466 e. The quantitative estimate of drug-likeness (QED) is 0.491. The minimum absolute atomic E-state index is 0.160. The summed E-state index contributed by atoms with van der Waals surface area (Å²) >= 11 is 0. The largest absolute Gasteiger partial charge is 0.466 e. The average molecular weight is 309 g/mol. The van der Waals surface area contributed by atoms with Crippen LogP contribution in [0.15, 0.2) is 6.33 Å². The highest BCUT2D eigenvalue weighted by Crippen LogP contribution is 2.33. The molecule has 1 N–H and O–H groups in total. The summed E-state index contributed by atoms with van der Waals surface area (Å²) in [5.41, 5.74) is -0.172. The van der Waals surface area contributed by atoms with Gasteiger partial charge in [0.25, 0.3) is 0 Å². The molecule has 2 rings (SSSR count). The number of piperidine rings is 1. The Morgan fingerprint density at radius 2 is 2.36 bits per heavy atom. The van der Waals surface area contributed by atoms with Crippen LogP contribution < -0.4 is 10.2 Å². The minimum atomic E-state index is -0.505. The molecule has 0 radical (unpaired) electrons. The van der Waals surface area contributed by atoms with Crippen LogP contribution in [-0.2, 0) is 9.53 Å². The zero-order valence-corrected chi connectivity index (χ0v) is 12.6. The van der Waals surface area contributed by atoms with Crippen molar-refractivity contribution in [3.8, 4) is 0 Å². The first-order chi connectivity index (χ1) is 10.6. The molecule has 1 aliphatic heterocycles. The Hall–Kier alpha value is -2.45. The SMILES string of the molecule is CCOC(=O)C1CCCN(c2ncnc(NC)c2[N+](=O)[O-])C1. The van der Waals surface area contributed by atoms with Gasteiger partial charge < -0.3 is 15.0 Å². The maximum absolute atomic E-state index is 11.9. The fourth-order valence-electron chi connectivity index (χ4n) is 2.57. The van der Waals surface area contributed by atoms with Gasteiger partial charge >= 0.3 is 11.7 Å². The normalized spacial score (nSPS) is 17.9. The molecule has 1 atom stereocenters. The van der Waals surface area contributed by atoms with Gasteiger partial charge in [0.2, 0.25) is 11.6 Å². The van der Waals surface area contributed by atoms with Crippen LogP contribution in [0.25, 0.3) is 0 Å². The predicted molar refractivity (Wildman–Crippen MR) is 79.8 cm³/mol. The molecular weight excluding hydrogens is 290 g/mol. The topological polar surface area (TPSA) is 110 Å². The Morgan fingerprint density at radius 1 is 1.59 bits per heavy atom. The van der Waals surface area contributed by atoms with E-state index in [4.69, 9.17) is 4.74 Å². The zero-order valence-electron chi connectivity index (χ0n) is 12.6. The number of carbonyl (C=O) groups is 1. The van der Waals surface area contributed by atoms with Crippen molar-refractivity contribution >= 4 is 23.3 Å². The van der Waals surface area contributed by atoms with E-state index in [2.05, 4.69) is 15.3 Å². The second-order valence-corrected chi connectivity index (χ2v) is 4.94. The summed E-state index contributed by atoms with van der Waals surface area (Å²) < 4.78 is 5.04. The molecule has 1 aromatic heterocycles. The lowest BCUT2D eigenvalue weighted by atomic mass is 9.98. The van der Waals surface area contributed by atoms with Gasteiger partial charge in [0.1, 0.15) is 6.33 Å². The molecule has 2 heterocycles. The van der Waals surface area contributed by atoms with Crippen molar-refractivity contribution in [2.75, 3.05) is 37.0 Å². The van der Waals surface area contributed by atoms with Crippen LogP contribution in [0, 0.1) is 16.0 Å². The number of nitro groups is 1. The number of nitrogens with zero attached hydrogens (tertiary/aromatic N) is 4. The van der Waals surface area contributed by atoms with Crippen LogP contribution in [-0.4, -0.2) is 47.6 Å². The molecule has 9 heteroatoms. The van der Waals surface area contributed by atoms with Crippen molar-refractivity contribution in [3.63, 3.8) is 0 Å². The predicted octanol–water partition coefficient (Wildman–Crippen LogP) is 1.21. The second kappa shape index (κ2) is 7.01. The number of ether oxygens (including phenoxy) is 1. The first-order valence-electron chi connectivity index (χ1n) is 7.17. The Kier molecular flexibility index (Phi) is 5.08. The van der Waals surface area contributed by atoms with E-state index < -0.39 is 4.92 Å². The summed E-state index contributed by atoms with van der Waals surface area (Å²) in [6.07, 6.45) is 2.74. The van der Waals surface area contributed by atoms with Crippen LogP contribution in [0.2, 0.25) is 0 Å². The number of aromatic nitrogens is 2. The Bertz CT molecular complexity index is 565. The molecule has 1 aromatic rings.